The van der Waals surface area contributed by atoms with Crippen molar-refractivity contribution < 1.29 is 4.79 Å². The Hall–Kier alpha value is -2.15. The maximum atomic E-state index is 12.1. The number of nitrogens with one attached hydrogen (secondary N) is 1. The third-order valence-corrected chi connectivity index (χ3v) is 3.49. The summed E-state index contributed by atoms with van der Waals surface area (Å²) in [5, 5.41) is 6.80. The Labute approximate surface area is 123 Å². The fourth-order valence-corrected chi connectivity index (χ4v) is 2.18. The molecule has 1 amide bonds. The van der Waals surface area contributed by atoms with E-state index in [1.165, 1.54) is 11.0 Å². The summed E-state index contributed by atoms with van der Waals surface area (Å²) in [6.07, 6.45) is 3.28. The topological polar surface area (TPSA) is 71.6 Å². The van der Waals surface area contributed by atoms with Gasteiger partial charge in [-0.25, -0.2) is 4.68 Å². The van der Waals surface area contributed by atoms with Crippen molar-refractivity contribution in [2.24, 2.45) is 0 Å². The molecule has 7 nitrogen and oxygen atoms in total. The molecule has 1 N–H and O–H groups in total. The molecular weight excluding hydrogens is 270 g/mol. The maximum absolute atomic E-state index is 12.1. The second kappa shape index (κ2) is 7.03. The predicted octanol–water partition coefficient (Wildman–Crippen LogP) is -0.0460. The molecule has 0 radical (unpaired) electrons. The quantitative estimate of drug-likeness (QED) is 0.776. The van der Waals surface area contributed by atoms with E-state index in [0.29, 0.717) is 12.1 Å². The summed E-state index contributed by atoms with van der Waals surface area (Å²) in [6.45, 7) is 7.40. The van der Waals surface area contributed by atoms with Gasteiger partial charge in [-0.05, 0) is 25.2 Å². The normalized spacial score (nSPS) is 11.2. The summed E-state index contributed by atoms with van der Waals surface area (Å²) in [5.74, 6) is -0.201. The lowest BCUT2D eigenvalue weighted by atomic mass is 10.4. The van der Waals surface area contributed by atoms with Crippen LogP contribution in [0.5, 0.6) is 0 Å². The minimum atomic E-state index is -0.263. The minimum absolute atomic E-state index is 0.0568. The number of fused-ring (bicyclic) bond motifs is 1. The van der Waals surface area contributed by atoms with Gasteiger partial charge in [0, 0.05) is 19.3 Å². The van der Waals surface area contributed by atoms with Crippen LogP contribution in [0.4, 0.5) is 0 Å². The van der Waals surface area contributed by atoms with Gasteiger partial charge < -0.3 is 14.6 Å². The summed E-state index contributed by atoms with van der Waals surface area (Å²) >= 11 is 0. The molecule has 114 valence electrons. The van der Waals surface area contributed by atoms with Gasteiger partial charge in [0.1, 0.15) is 18.4 Å². The van der Waals surface area contributed by atoms with Crippen molar-refractivity contribution in [2.45, 2.75) is 20.4 Å². The number of carbonyl (C=O) groups is 1. The fourth-order valence-electron chi connectivity index (χ4n) is 2.18. The summed E-state index contributed by atoms with van der Waals surface area (Å²) < 4.78 is 2.82. The number of hydrogen-bond donors (Lipinski definition) is 1. The molecule has 7 heteroatoms. The zero-order valence-electron chi connectivity index (χ0n) is 12.5. The average Bonchev–Trinajstić information content (AvgIpc) is 2.96. The largest absolute Gasteiger partial charge is 0.353 e. The van der Waals surface area contributed by atoms with E-state index in [4.69, 9.17) is 0 Å². The molecule has 2 heterocycles. The van der Waals surface area contributed by atoms with E-state index < -0.39 is 0 Å². The van der Waals surface area contributed by atoms with Crippen LogP contribution < -0.4 is 10.9 Å². The molecule has 0 saturated carbocycles. The van der Waals surface area contributed by atoms with Gasteiger partial charge in [0.25, 0.3) is 5.56 Å². The fraction of sp³-hybridized carbons (Fsp3) is 0.500. The lowest BCUT2D eigenvalue weighted by Crippen LogP contribution is -2.38. The zero-order chi connectivity index (χ0) is 15.2. The van der Waals surface area contributed by atoms with Crippen molar-refractivity contribution in [1.82, 2.24) is 24.4 Å². The standard InChI is InChI=1S/C14H21N5O2/c1-3-17(4-2)9-7-15-13(20)10-19-14(21)12-6-5-8-18(12)11-16-19/h5-6,8,11H,3-4,7,9-10H2,1-2H3,(H,15,20). The van der Waals surface area contributed by atoms with Crippen LogP contribution in [-0.4, -0.2) is 51.2 Å². The SMILES string of the molecule is CCN(CC)CCNC(=O)Cn1ncn2cccc2c1=O. The van der Waals surface area contributed by atoms with E-state index in [9.17, 15) is 9.59 Å². The summed E-state index contributed by atoms with van der Waals surface area (Å²) in [5.41, 5.74) is 0.252. The Morgan fingerprint density at radius 3 is 2.86 bits per heavy atom. The monoisotopic (exact) mass is 291 g/mol. The first-order valence-electron chi connectivity index (χ1n) is 7.17. The van der Waals surface area contributed by atoms with Crippen LogP contribution in [0.1, 0.15) is 13.8 Å². The van der Waals surface area contributed by atoms with Gasteiger partial charge in [0.05, 0.1) is 0 Å². The molecule has 0 saturated heterocycles. The highest BCUT2D eigenvalue weighted by Crippen LogP contribution is 1.95. The van der Waals surface area contributed by atoms with Crippen LogP contribution in [0.25, 0.3) is 5.52 Å². The Balaban J connectivity index is 1.92. The van der Waals surface area contributed by atoms with E-state index in [1.807, 2.05) is 0 Å². The Bertz CT molecular complexity index is 657. The molecule has 0 unspecified atom stereocenters. The number of nitrogens with zero attached hydrogens (tertiary/aromatic N) is 4. The number of hydrogen-bond acceptors (Lipinski definition) is 4. The van der Waals surface area contributed by atoms with Crippen LogP contribution in [0.3, 0.4) is 0 Å². The predicted molar refractivity (Wildman–Crippen MR) is 80.2 cm³/mol. The number of carbonyl (C=O) groups excluding carboxylic acids is 1. The maximum Gasteiger partial charge on any atom is 0.291 e. The van der Waals surface area contributed by atoms with Gasteiger partial charge in [-0.15, -0.1) is 0 Å². The highest BCUT2D eigenvalue weighted by atomic mass is 16.2. The number of aromatic nitrogens is 3. The summed E-state index contributed by atoms with van der Waals surface area (Å²) in [7, 11) is 0. The molecule has 0 aliphatic heterocycles. The number of rotatable bonds is 7. The van der Waals surface area contributed by atoms with Crippen molar-refractivity contribution in [3.8, 4) is 0 Å². The minimum Gasteiger partial charge on any atom is -0.353 e. The lowest BCUT2D eigenvalue weighted by Gasteiger charge is -2.17. The Kier molecular flexibility index (Phi) is 5.10. The average molecular weight is 291 g/mol. The molecule has 0 aliphatic rings. The smallest absolute Gasteiger partial charge is 0.291 e. The van der Waals surface area contributed by atoms with Crippen LogP contribution in [0.2, 0.25) is 0 Å². The van der Waals surface area contributed by atoms with Gasteiger partial charge in [0.2, 0.25) is 5.91 Å². The van der Waals surface area contributed by atoms with Gasteiger partial charge in [-0.1, -0.05) is 13.8 Å². The van der Waals surface area contributed by atoms with Gasteiger partial charge in [-0.2, -0.15) is 5.10 Å². The van der Waals surface area contributed by atoms with Gasteiger partial charge >= 0.3 is 0 Å². The highest BCUT2D eigenvalue weighted by molar-refractivity contribution is 5.75. The van der Waals surface area contributed by atoms with Gasteiger partial charge in [-0.3, -0.25) is 9.59 Å². The first-order chi connectivity index (χ1) is 10.2. The Morgan fingerprint density at radius 2 is 2.14 bits per heavy atom. The molecule has 0 bridgehead atoms. The first-order valence-corrected chi connectivity index (χ1v) is 7.17. The summed E-state index contributed by atoms with van der Waals surface area (Å²) in [6, 6.07) is 3.48. The van der Waals surface area contributed by atoms with Crippen LogP contribution >= 0.6 is 0 Å². The molecule has 21 heavy (non-hydrogen) atoms. The van der Waals surface area contributed by atoms with Crippen LogP contribution in [0, 0.1) is 0 Å². The molecule has 2 aromatic heterocycles. The van der Waals surface area contributed by atoms with E-state index in [1.54, 1.807) is 22.7 Å². The molecule has 0 aliphatic carbocycles. The molecule has 0 spiro atoms. The van der Waals surface area contributed by atoms with E-state index in [0.717, 1.165) is 19.6 Å². The number of amides is 1. The van der Waals surface area contributed by atoms with Crippen molar-refractivity contribution in [2.75, 3.05) is 26.2 Å². The van der Waals surface area contributed by atoms with Crippen molar-refractivity contribution in [1.29, 1.82) is 0 Å². The molecule has 0 fully saturated rings. The first kappa shape index (κ1) is 15.2. The van der Waals surface area contributed by atoms with Crippen LogP contribution in [-0.2, 0) is 11.3 Å². The van der Waals surface area contributed by atoms with E-state index >= 15 is 0 Å². The third-order valence-electron chi connectivity index (χ3n) is 3.49. The Morgan fingerprint density at radius 1 is 1.38 bits per heavy atom. The molecular formula is C14H21N5O2. The van der Waals surface area contributed by atoms with Crippen molar-refractivity contribution >= 4 is 11.4 Å². The molecule has 0 aromatic carbocycles. The van der Waals surface area contributed by atoms with E-state index in [-0.39, 0.29) is 18.0 Å². The number of likely N-dealkylation sites (N-methyl/N-ethyl adjacent to an activating group) is 1. The highest BCUT2D eigenvalue weighted by Gasteiger charge is 2.08. The van der Waals surface area contributed by atoms with Crippen molar-refractivity contribution in [3.05, 3.63) is 35.0 Å². The zero-order valence-corrected chi connectivity index (χ0v) is 12.5. The molecule has 0 atom stereocenters. The van der Waals surface area contributed by atoms with E-state index in [2.05, 4.69) is 29.2 Å². The third kappa shape index (κ3) is 3.69. The second-order valence-corrected chi connectivity index (χ2v) is 4.77. The van der Waals surface area contributed by atoms with Crippen LogP contribution in [0.15, 0.2) is 29.5 Å². The summed E-state index contributed by atoms with van der Waals surface area (Å²) in [4.78, 5) is 26.2. The van der Waals surface area contributed by atoms with Crippen molar-refractivity contribution in [3.63, 3.8) is 0 Å². The molecule has 2 rings (SSSR count). The molecule has 2 aromatic rings. The lowest BCUT2D eigenvalue weighted by molar-refractivity contribution is -0.121. The van der Waals surface area contributed by atoms with Gasteiger partial charge in [0.15, 0.2) is 0 Å². The second-order valence-electron chi connectivity index (χ2n) is 4.77.